The van der Waals surface area contributed by atoms with Crippen molar-refractivity contribution in [2.45, 2.75) is 23.5 Å². The Morgan fingerprint density at radius 2 is 1.79 bits per heavy atom. The van der Waals surface area contributed by atoms with Crippen LogP contribution in [0.2, 0.25) is 0 Å². The first-order chi connectivity index (χ1) is 16.0. The Bertz CT molecular complexity index is 1450. The van der Waals surface area contributed by atoms with E-state index in [2.05, 4.69) is 9.71 Å². The van der Waals surface area contributed by atoms with Crippen LogP contribution >= 0.6 is 11.3 Å². The quantitative estimate of drug-likeness (QED) is 0.247. The van der Waals surface area contributed by atoms with Crippen LogP contribution in [-0.2, 0) is 22.6 Å². The molecule has 0 aliphatic heterocycles. The summed E-state index contributed by atoms with van der Waals surface area (Å²) in [6.45, 7) is 0. The molecule has 0 spiro atoms. The third-order valence-electron chi connectivity index (χ3n) is 5.06. The fourth-order valence-electron chi connectivity index (χ4n) is 3.41. The molecular formula is C23H19F3N4O2S2. The Morgan fingerprint density at radius 1 is 1.06 bits per heavy atom. The Labute approximate surface area is 197 Å². The monoisotopic (exact) mass is 504 g/mol. The third-order valence-corrected chi connectivity index (χ3v) is 7.70. The molecule has 34 heavy (non-hydrogen) atoms. The molecule has 176 valence electrons. The number of nitrogen functional groups attached to an aromatic ring is 1. The summed E-state index contributed by atoms with van der Waals surface area (Å²) in [5, 5.41) is 7.96. The molecular weight excluding hydrogens is 485 g/mol. The van der Waals surface area contributed by atoms with Gasteiger partial charge in [0.05, 0.1) is 26.7 Å². The highest BCUT2D eigenvalue weighted by Gasteiger charge is 2.31. The maximum absolute atomic E-state index is 13.1. The van der Waals surface area contributed by atoms with Crippen molar-refractivity contribution in [2.24, 2.45) is 5.73 Å². The van der Waals surface area contributed by atoms with Crippen LogP contribution in [0.25, 0.3) is 10.2 Å². The molecule has 4 rings (SSSR count). The molecule has 0 aliphatic carbocycles. The SMILES string of the molecule is N=C(N)c1cccc(CC(NS(=O)(=O)c2ccccc2)c2nc3cc(C(F)(F)F)ccc3s2)c1. The number of alkyl halides is 3. The summed E-state index contributed by atoms with van der Waals surface area (Å²) in [4.78, 5) is 4.40. The number of nitrogens with zero attached hydrogens (tertiary/aromatic N) is 1. The number of thiazole rings is 1. The summed E-state index contributed by atoms with van der Waals surface area (Å²) in [6.07, 6.45) is -4.36. The molecule has 0 fully saturated rings. The van der Waals surface area contributed by atoms with Gasteiger partial charge in [-0.3, -0.25) is 5.41 Å². The second-order valence-electron chi connectivity index (χ2n) is 7.54. The van der Waals surface area contributed by atoms with Crippen LogP contribution in [0.1, 0.15) is 27.7 Å². The maximum Gasteiger partial charge on any atom is 0.416 e. The normalized spacial score (nSPS) is 13.1. The number of nitrogens with one attached hydrogen (secondary N) is 2. The predicted molar refractivity (Wildman–Crippen MR) is 125 cm³/mol. The lowest BCUT2D eigenvalue weighted by molar-refractivity contribution is -0.137. The first-order valence-electron chi connectivity index (χ1n) is 10.0. The fourth-order valence-corrected chi connectivity index (χ4v) is 5.70. The van der Waals surface area contributed by atoms with E-state index in [0.717, 1.165) is 23.5 Å². The first-order valence-corrected chi connectivity index (χ1v) is 12.3. The zero-order chi connectivity index (χ0) is 24.5. The van der Waals surface area contributed by atoms with Gasteiger partial charge in [0, 0.05) is 5.56 Å². The lowest BCUT2D eigenvalue weighted by Gasteiger charge is -2.17. The molecule has 0 radical (unpaired) electrons. The maximum atomic E-state index is 13.1. The van der Waals surface area contributed by atoms with Gasteiger partial charge in [0.15, 0.2) is 0 Å². The van der Waals surface area contributed by atoms with Crippen LogP contribution < -0.4 is 10.5 Å². The average molecular weight is 505 g/mol. The first kappa shape index (κ1) is 23.9. The Hall–Kier alpha value is -3.28. The summed E-state index contributed by atoms with van der Waals surface area (Å²) in [5.41, 5.74) is 6.04. The lowest BCUT2D eigenvalue weighted by atomic mass is 10.0. The molecule has 0 aliphatic rings. The van der Waals surface area contributed by atoms with Crippen molar-refractivity contribution >= 4 is 37.4 Å². The Balaban J connectivity index is 1.75. The number of nitrogens with two attached hydrogens (primary N) is 1. The highest BCUT2D eigenvalue weighted by atomic mass is 32.2. The third kappa shape index (κ3) is 5.27. The van der Waals surface area contributed by atoms with Crippen LogP contribution in [0.3, 0.4) is 0 Å². The molecule has 4 aromatic rings. The Kier molecular flexibility index (Phi) is 6.43. The minimum Gasteiger partial charge on any atom is -0.384 e. The van der Waals surface area contributed by atoms with Crippen molar-refractivity contribution < 1.29 is 21.6 Å². The van der Waals surface area contributed by atoms with Crippen molar-refractivity contribution in [3.8, 4) is 0 Å². The smallest absolute Gasteiger partial charge is 0.384 e. The number of fused-ring (bicyclic) bond motifs is 1. The molecule has 6 nitrogen and oxygen atoms in total. The average Bonchev–Trinajstić information content (AvgIpc) is 3.22. The number of hydrogen-bond donors (Lipinski definition) is 3. The van der Waals surface area contributed by atoms with Crippen molar-refractivity contribution in [1.29, 1.82) is 5.41 Å². The van der Waals surface area contributed by atoms with Crippen molar-refractivity contribution in [1.82, 2.24) is 9.71 Å². The minimum absolute atomic E-state index is 0.0537. The van der Waals surface area contributed by atoms with E-state index in [1.54, 1.807) is 42.5 Å². The number of amidine groups is 1. The lowest BCUT2D eigenvalue weighted by Crippen LogP contribution is -2.30. The van der Waals surface area contributed by atoms with E-state index in [1.807, 2.05) is 0 Å². The second-order valence-corrected chi connectivity index (χ2v) is 10.3. The van der Waals surface area contributed by atoms with Gasteiger partial charge >= 0.3 is 6.18 Å². The van der Waals surface area contributed by atoms with E-state index >= 15 is 0 Å². The van der Waals surface area contributed by atoms with Gasteiger partial charge in [0.25, 0.3) is 0 Å². The van der Waals surface area contributed by atoms with Gasteiger partial charge in [0.1, 0.15) is 10.8 Å². The molecule has 1 unspecified atom stereocenters. The number of halogens is 3. The molecule has 1 heterocycles. The van der Waals surface area contributed by atoms with Crippen LogP contribution in [0.4, 0.5) is 13.2 Å². The molecule has 4 N–H and O–H groups in total. The number of sulfonamides is 1. The van der Waals surface area contributed by atoms with E-state index in [-0.39, 0.29) is 22.7 Å². The standard InChI is InChI=1S/C23H19F3N4O2S2/c24-23(25,26)16-9-10-20-18(13-16)29-22(33-20)19(12-14-5-4-6-15(11-14)21(27)28)30-34(31,32)17-7-2-1-3-8-17/h1-11,13,19,30H,12H2,(H3,27,28). The second kappa shape index (κ2) is 9.16. The summed E-state index contributed by atoms with van der Waals surface area (Å²) in [7, 11) is -3.95. The molecule has 0 saturated carbocycles. The van der Waals surface area contributed by atoms with Gasteiger partial charge in [-0.15, -0.1) is 11.3 Å². The molecule has 1 atom stereocenters. The molecule has 0 saturated heterocycles. The van der Waals surface area contributed by atoms with Gasteiger partial charge in [0.2, 0.25) is 10.0 Å². The van der Waals surface area contributed by atoms with Gasteiger partial charge in [-0.1, -0.05) is 36.4 Å². The van der Waals surface area contributed by atoms with Crippen LogP contribution in [-0.4, -0.2) is 19.2 Å². The van der Waals surface area contributed by atoms with E-state index in [1.165, 1.54) is 18.2 Å². The van der Waals surface area contributed by atoms with Gasteiger partial charge < -0.3 is 5.73 Å². The summed E-state index contributed by atoms with van der Waals surface area (Å²) in [6, 6.07) is 17.0. The number of aromatic nitrogens is 1. The van der Waals surface area contributed by atoms with Crippen molar-refractivity contribution in [3.05, 3.63) is 94.5 Å². The summed E-state index contributed by atoms with van der Waals surface area (Å²) < 4.78 is 68.7. The summed E-state index contributed by atoms with van der Waals surface area (Å²) in [5.74, 6) is -0.136. The fraction of sp³-hybridized carbons (Fsp3) is 0.130. The topological polar surface area (TPSA) is 109 Å². The van der Waals surface area contributed by atoms with Gasteiger partial charge in [-0.05, 0) is 48.4 Å². The molecule has 1 aromatic heterocycles. The number of rotatable bonds is 7. The highest BCUT2D eigenvalue weighted by Crippen LogP contribution is 2.35. The van der Waals surface area contributed by atoms with E-state index in [0.29, 0.717) is 20.8 Å². The van der Waals surface area contributed by atoms with Crippen LogP contribution in [0.5, 0.6) is 0 Å². The number of hydrogen-bond acceptors (Lipinski definition) is 5. The van der Waals surface area contributed by atoms with E-state index in [4.69, 9.17) is 11.1 Å². The van der Waals surface area contributed by atoms with Gasteiger partial charge in [-0.25, -0.2) is 18.1 Å². The van der Waals surface area contributed by atoms with Crippen molar-refractivity contribution in [2.75, 3.05) is 0 Å². The van der Waals surface area contributed by atoms with Gasteiger partial charge in [-0.2, -0.15) is 13.2 Å². The van der Waals surface area contributed by atoms with E-state index < -0.39 is 27.8 Å². The zero-order valence-electron chi connectivity index (χ0n) is 17.5. The van der Waals surface area contributed by atoms with E-state index in [9.17, 15) is 21.6 Å². The predicted octanol–water partition coefficient (Wildman–Crippen LogP) is 4.86. The number of benzene rings is 3. The highest BCUT2D eigenvalue weighted by molar-refractivity contribution is 7.89. The Morgan fingerprint density at radius 3 is 2.47 bits per heavy atom. The molecule has 0 amide bonds. The van der Waals surface area contributed by atoms with Crippen molar-refractivity contribution in [3.63, 3.8) is 0 Å². The van der Waals surface area contributed by atoms with Crippen LogP contribution in [0.15, 0.2) is 77.7 Å². The summed E-state index contributed by atoms with van der Waals surface area (Å²) >= 11 is 1.12. The molecule has 0 bridgehead atoms. The largest absolute Gasteiger partial charge is 0.416 e. The zero-order valence-corrected chi connectivity index (χ0v) is 19.1. The molecule has 11 heteroatoms. The molecule has 3 aromatic carbocycles. The van der Waals surface area contributed by atoms with Crippen LogP contribution in [0, 0.1) is 5.41 Å². The minimum atomic E-state index is -4.51.